The van der Waals surface area contributed by atoms with Crippen molar-refractivity contribution in [2.24, 2.45) is 5.92 Å². The zero-order valence-corrected chi connectivity index (χ0v) is 17.0. The third kappa shape index (κ3) is 4.29. The summed E-state index contributed by atoms with van der Waals surface area (Å²) in [6.45, 7) is 1.22. The highest BCUT2D eigenvalue weighted by Gasteiger charge is 2.53. The molecule has 2 fully saturated rings. The van der Waals surface area contributed by atoms with E-state index in [1.807, 2.05) is 6.07 Å². The number of phenols is 1. The van der Waals surface area contributed by atoms with Crippen LogP contribution in [-0.2, 0) is 21.4 Å². The second-order valence-electron chi connectivity index (χ2n) is 8.42. The van der Waals surface area contributed by atoms with Crippen LogP contribution in [0, 0.1) is 5.92 Å². The Bertz CT molecular complexity index is 766. The lowest BCUT2D eigenvalue weighted by molar-refractivity contribution is -0.165. The van der Waals surface area contributed by atoms with Gasteiger partial charge in [0.05, 0.1) is 0 Å². The van der Waals surface area contributed by atoms with Crippen LogP contribution in [0.3, 0.4) is 0 Å². The van der Waals surface area contributed by atoms with Gasteiger partial charge in [-0.25, -0.2) is 9.59 Å². The largest absolute Gasteiger partial charge is 0.508 e. The number of likely N-dealkylation sites (N-methyl/N-ethyl adjacent to an activating group) is 1. The first-order valence-electron chi connectivity index (χ1n) is 10.0. The first kappa shape index (κ1) is 24.1. The number of carbonyl (C=O) groups is 2. The number of phenolic OH excluding ortho intramolecular Hbond substituents is 1. The molecule has 1 aliphatic heterocycles. The second kappa shape index (κ2) is 9.30. The molecule has 5 atom stereocenters. The van der Waals surface area contributed by atoms with E-state index in [0.29, 0.717) is 11.2 Å². The van der Waals surface area contributed by atoms with Gasteiger partial charge in [0.2, 0.25) is 0 Å². The van der Waals surface area contributed by atoms with Gasteiger partial charge >= 0.3 is 11.9 Å². The van der Waals surface area contributed by atoms with E-state index in [4.69, 9.17) is 20.4 Å². The van der Waals surface area contributed by atoms with Gasteiger partial charge in [0, 0.05) is 11.5 Å². The maximum atomic E-state index is 9.91. The van der Waals surface area contributed by atoms with E-state index in [2.05, 4.69) is 24.1 Å². The van der Waals surface area contributed by atoms with Gasteiger partial charge in [0.15, 0.2) is 12.2 Å². The van der Waals surface area contributed by atoms with Gasteiger partial charge in [-0.2, -0.15) is 0 Å². The molecule has 2 aliphatic carbocycles. The van der Waals surface area contributed by atoms with E-state index in [0.717, 1.165) is 12.0 Å². The number of likely N-dealkylation sites (tertiary alicyclic amines) is 1. The number of carboxylic acids is 2. The number of rotatable bonds is 3. The molecule has 0 amide bonds. The summed E-state index contributed by atoms with van der Waals surface area (Å²) < 4.78 is 0. The first-order chi connectivity index (χ1) is 13.7. The molecular weight excluding hydrogens is 394 g/mol. The molecule has 9 nitrogen and oxygen atoms in total. The first-order valence-corrected chi connectivity index (χ1v) is 10.0. The van der Waals surface area contributed by atoms with Crippen LogP contribution < -0.4 is 0 Å². The number of aromatic hydroxyl groups is 1. The predicted octanol–water partition coefficient (Wildman–Crippen LogP) is 0.133. The SMILES string of the molecule is CN1CC[C@]23CCCC[C@H]2[C@H]1Cc1ccc(O)cc13.O.O=C(O)C(O)C(O)C(=O)O. The van der Waals surface area contributed by atoms with Crippen molar-refractivity contribution in [2.45, 2.75) is 62.2 Å². The van der Waals surface area contributed by atoms with Crippen molar-refractivity contribution in [2.75, 3.05) is 13.6 Å². The van der Waals surface area contributed by atoms with Crippen molar-refractivity contribution in [3.05, 3.63) is 29.3 Å². The molecule has 7 N–H and O–H groups in total. The number of benzene rings is 1. The molecule has 1 saturated heterocycles. The summed E-state index contributed by atoms with van der Waals surface area (Å²) in [6.07, 6.45) is 3.39. The van der Waals surface area contributed by atoms with E-state index in [1.165, 1.54) is 56.2 Å². The number of piperidine rings is 1. The van der Waals surface area contributed by atoms with Gasteiger partial charge in [0.25, 0.3) is 0 Å². The Labute approximate surface area is 174 Å². The van der Waals surface area contributed by atoms with Crippen LogP contribution in [0.15, 0.2) is 18.2 Å². The highest BCUT2D eigenvalue weighted by atomic mass is 16.4. The number of aliphatic hydroxyl groups excluding tert-OH is 2. The quantitative estimate of drug-likeness (QED) is 0.455. The standard InChI is InChI=1S/C17H23NO.C4H6O6.H2O/c1-18-9-8-17-7-3-2-4-14(17)16(18)10-12-5-6-13(19)11-15(12)17;5-1(3(7)8)2(6)4(9)10;/h5-6,11,14,16,19H,2-4,7-10H2,1H3;1-2,5-6H,(H,7,8)(H,9,10);1H2/t14-,16+,17+;;/m0../s1. The van der Waals surface area contributed by atoms with Crippen molar-refractivity contribution < 1.29 is 40.6 Å². The fourth-order valence-corrected chi connectivity index (χ4v) is 5.45. The van der Waals surface area contributed by atoms with Crippen LogP contribution in [0.1, 0.15) is 43.2 Å². The molecule has 2 bridgehead atoms. The van der Waals surface area contributed by atoms with Crippen LogP contribution in [0.4, 0.5) is 0 Å². The Morgan fingerprint density at radius 3 is 2.33 bits per heavy atom. The summed E-state index contributed by atoms with van der Waals surface area (Å²) in [4.78, 5) is 22.1. The van der Waals surface area contributed by atoms with Crippen LogP contribution in [0.5, 0.6) is 5.75 Å². The van der Waals surface area contributed by atoms with Crippen molar-refractivity contribution in [3.63, 3.8) is 0 Å². The Morgan fingerprint density at radius 2 is 1.73 bits per heavy atom. The van der Waals surface area contributed by atoms with Gasteiger partial charge < -0.3 is 35.9 Å². The minimum Gasteiger partial charge on any atom is -0.508 e. The molecule has 3 aliphatic rings. The normalized spacial score (nSPS) is 29.0. The van der Waals surface area contributed by atoms with Gasteiger partial charge in [-0.15, -0.1) is 0 Å². The molecule has 0 radical (unpaired) electrons. The van der Waals surface area contributed by atoms with Crippen molar-refractivity contribution in [3.8, 4) is 5.75 Å². The smallest absolute Gasteiger partial charge is 0.335 e. The number of carboxylic acid groups (broad SMARTS) is 2. The van der Waals surface area contributed by atoms with Gasteiger partial charge in [0.1, 0.15) is 5.75 Å². The molecule has 2 unspecified atom stereocenters. The van der Waals surface area contributed by atoms with Gasteiger partial charge in [-0.3, -0.25) is 0 Å². The van der Waals surface area contributed by atoms with Crippen LogP contribution in [-0.4, -0.2) is 79.7 Å². The van der Waals surface area contributed by atoms with E-state index in [9.17, 15) is 14.7 Å². The van der Waals surface area contributed by atoms with E-state index >= 15 is 0 Å². The monoisotopic (exact) mass is 425 g/mol. The van der Waals surface area contributed by atoms with E-state index < -0.39 is 24.1 Å². The minimum atomic E-state index is -2.27. The minimum absolute atomic E-state index is 0. The highest BCUT2D eigenvalue weighted by molar-refractivity contribution is 5.83. The molecular formula is C21H31NO8. The molecule has 1 aromatic rings. The fraction of sp³-hybridized carbons (Fsp3) is 0.619. The average molecular weight is 425 g/mol. The molecule has 9 heteroatoms. The fourth-order valence-electron chi connectivity index (χ4n) is 5.45. The summed E-state index contributed by atoms with van der Waals surface area (Å²) in [5, 5.41) is 42.4. The van der Waals surface area contributed by atoms with Crippen molar-refractivity contribution in [1.29, 1.82) is 0 Å². The number of fused-ring (bicyclic) bond motifs is 1. The molecule has 1 saturated carbocycles. The molecule has 0 spiro atoms. The Hall–Kier alpha value is -2.20. The lowest BCUT2D eigenvalue weighted by Gasteiger charge is -2.58. The topological polar surface area (TPSA) is 170 Å². The number of nitrogens with zero attached hydrogens (tertiary/aromatic N) is 1. The third-order valence-electron chi connectivity index (χ3n) is 6.90. The average Bonchev–Trinajstić information content (AvgIpc) is 2.70. The summed E-state index contributed by atoms with van der Waals surface area (Å²) >= 11 is 0. The Kier molecular flexibility index (Phi) is 7.46. The number of hydrogen-bond donors (Lipinski definition) is 5. The second-order valence-corrected chi connectivity index (χ2v) is 8.42. The van der Waals surface area contributed by atoms with Gasteiger partial charge in [-0.05, 0) is 68.5 Å². The third-order valence-corrected chi connectivity index (χ3v) is 6.90. The summed E-state index contributed by atoms with van der Waals surface area (Å²) in [7, 11) is 2.30. The zero-order valence-electron chi connectivity index (χ0n) is 17.0. The summed E-state index contributed by atoms with van der Waals surface area (Å²) in [6, 6.07) is 6.85. The Balaban J connectivity index is 0.000000253. The lowest BCUT2D eigenvalue weighted by Crippen LogP contribution is -2.59. The summed E-state index contributed by atoms with van der Waals surface area (Å²) in [5.74, 6) is -2.27. The predicted molar refractivity (Wildman–Crippen MR) is 107 cm³/mol. The van der Waals surface area contributed by atoms with Gasteiger partial charge in [-0.1, -0.05) is 18.9 Å². The van der Waals surface area contributed by atoms with Crippen molar-refractivity contribution in [1.82, 2.24) is 4.90 Å². The van der Waals surface area contributed by atoms with Crippen LogP contribution >= 0.6 is 0 Å². The van der Waals surface area contributed by atoms with E-state index in [1.54, 1.807) is 0 Å². The number of hydrogen-bond acceptors (Lipinski definition) is 6. The Morgan fingerprint density at radius 1 is 1.10 bits per heavy atom. The molecule has 30 heavy (non-hydrogen) atoms. The maximum absolute atomic E-state index is 9.91. The summed E-state index contributed by atoms with van der Waals surface area (Å²) in [5.41, 5.74) is 3.36. The molecule has 0 aromatic heterocycles. The van der Waals surface area contributed by atoms with Crippen LogP contribution in [0.25, 0.3) is 0 Å². The maximum Gasteiger partial charge on any atom is 0.335 e. The molecule has 4 rings (SSSR count). The molecule has 1 aromatic carbocycles. The van der Waals surface area contributed by atoms with E-state index in [-0.39, 0.29) is 5.48 Å². The molecule has 1 heterocycles. The molecule has 168 valence electrons. The highest BCUT2D eigenvalue weighted by Crippen LogP contribution is 2.55. The number of aliphatic hydroxyl groups is 2. The van der Waals surface area contributed by atoms with Crippen LogP contribution in [0.2, 0.25) is 0 Å². The zero-order chi connectivity index (χ0) is 21.3. The lowest BCUT2D eigenvalue weighted by atomic mass is 9.52. The number of aliphatic carboxylic acids is 2. The van der Waals surface area contributed by atoms with Crippen molar-refractivity contribution >= 4 is 11.9 Å².